The first-order valence-corrected chi connectivity index (χ1v) is 9.45. The second-order valence-electron chi connectivity index (χ2n) is 7.01. The van der Waals surface area contributed by atoms with Gasteiger partial charge >= 0.3 is 5.69 Å². The molecule has 0 spiro atoms. The monoisotopic (exact) mass is 365 g/mol. The highest BCUT2D eigenvalue weighted by Gasteiger charge is 2.23. The van der Waals surface area contributed by atoms with Gasteiger partial charge in [0.1, 0.15) is 6.54 Å². The minimum atomic E-state index is -0.201. The van der Waals surface area contributed by atoms with Gasteiger partial charge in [0.2, 0.25) is 5.91 Å². The number of amides is 1. The number of nitrogens with zero attached hydrogens (tertiary/aromatic N) is 4. The highest BCUT2D eigenvalue weighted by Crippen LogP contribution is 2.29. The molecule has 7 nitrogen and oxygen atoms in total. The third kappa shape index (κ3) is 3.63. The molecular formula is C20H23N5O2. The summed E-state index contributed by atoms with van der Waals surface area (Å²) in [5.74, 6) is -0.201. The van der Waals surface area contributed by atoms with E-state index in [-0.39, 0.29) is 24.2 Å². The van der Waals surface area contributed by atoms with Crippen molar-refractivity contribution in [3.05, 3.63) is 58.9 Å². The van der Waals surface area contributed by atoms with Crippen molar-refractivity contribution in [2.75, 3.05) is 0 Å². The Labute approximate surface area is 157 Å². The van der Waals surface area contributed by atoms with Crippen molar-refractivity contribution in [2.24, 2.45) is 0 Å². The van der Waals surface area contributed by atoms with Crippen LogP contribution in [0.3, 0.4) is 0 Å². The molecule has 0 radical (unpaired) electrons. The molecule has 7 heteroatoms. The van der Waals surface area contributed by atoms with Gasteiger partial charge in [-0.2, -0.15) is 0 Å². The van der Waals surface area contributed by atoms with Crippen LogP contribution in [0.4, 0.5) is 0 Å². The largest absolute Gasteiger partial charge is 0.350 e. The van der Waals surface area contributed by atoms with E-state index < -0.39 is 0 Å². The van der Waals surface area contributed by atoms with Gasteiger partial charge in [0.25, 0.3) is 0 Å². The first kappa shape index (κ1) is 17.5. The molecule has 3 heterocycles. The lowest BCUT2D eigenvalue weighted by atomic mass is 9.95. The van der Waals surface area contributed by atoms with Crippen LogP contribution in [0.1, 0.15) is 43.7 Å². The van der Waals surface area contributed by atoms with Gasteiger partial charge in [-0.1, -0.05) is 25.3 Å². The van der Waals surface area contributed by atoms with Crippen LogP contribution in [0.25, 0.3) is 11.2 Å². The number of aromatic nitrogens is 4. The molecule has 0 atom stereocenters. The summed E-state index contributed by atoms with van der Waals surface area (Å²) in [6.07, 6.45) is 10.6. The molecule has 3 aromatic rings. The Morgan fingerprint density at radius 3 is 2.74 bits per heavy atom. The van der Waals surface area contributed by atoms with Gasteiger partial charge in [-0.3, -0.25) is 18.9 Å². The van der Waals surface area contributed by atoms with Crippen LogP contribution in [0.2, 0.25) is 0 Å². The molecule has 0 aromatic carbocycles. The molecule has 0 saturated heterocycles. The molecule has 1 saturated carbocycles. The number of carbonyl (C=O) groups excluding carboxylic acids is 1. The summed E-state index contributed by atoms with van der Waals surface area (Å²) in [7, 11) is 0. The molecule has 0 aliphatic heterocycles. The third-order valence-corrected chi connectivity index (χ3v) is 5.18. The van der Waals surface area contributed by atoms with Gasteiger partial charge in [-0.25, -0.2) is 9.78 Å². The fourth-order valence-electron chi connectivity index (χ4n) is 3.83. The highest BCUT2D eigenvalue weighted by atomic mass is 16.2. The molecule has 1 fully saturated rings. The van der Waals surface area contributed by atoms with E-state index in [0.29, 0.717) is 17.7 Å². The Kier molecular flexibility index (Phi) is 5.00. The summed E-state index contributed by atoms with van der Waals surface area (Å²) >= 11 is 0. The summed E-state index contributed by atoms with van der Waals surface area (Å²) in [5, 5.41) is 2.86. The summed E-state index contributed by atoms with van der Waals surface area (Å²) in [6.45, 7) is 0.377. The SMILES string of the molecule is O=C(Cn1c(=O)n(C2CCCCC2)c2ncccc21)NCc1cccnc1. The summed E-state index contributed by atoms with van der Waals surface area (Å²) in [6, 6.07) is 7.56. The van der Waals surface area contributed by atoms with Gasteiger partial charge in [0.15, 0.2) is 5.65 Å². The maximum Gasteiger partial charge on any atom is 0.331 e. The first-order chi connectivity index (χ1) is 13.2. The second-order valence-corrected chi connectivity index (χ2v) is 7.01. The zero-order valence-corrected chi connectivity index (χ0v) is 15.2. The van der Waals surface area contributed by atoms with E-state index >= 15 is 0 Å². The van der Waals surface area contributed by atoms with Gasteiger partial charge < -0.3 is 5.32 Å². The molecule has 27 heavy (non-hydrogen) atoms. The molecule has 1 amide bonds. The third-order valence-electron chi connectivity index (χ3n) is 5.18. The van der Waals surface area contributed by atoms with E-state index in [1.807, 2.05) is 18.2 Å². The Morgan fingerprint density at radius 2 is 1.96 bits per heavy atom. The van der Waals surface area contributed by atoms with Crippen molar-refractivity contribution in [3.8, 4) is 0 Å². The van der Waals surface area contributed by atoms with Crippen LogP contribution < -0.4 is 11.0 Å². The Hall–Kier alpha value is -2.96. The fraction of sp³-hybridized carbons (Fsp3) is 0.400. The molecule has 1 aliphatic carbocycles. The molecule has 1 aliphatic rings. The number of imidazole rings is 1. The molecule has 1 N–H and O–H groups in total. The van der Waals surface area contributed by atoms with Crippen molar-refractivity contribution in [1.82, 2.24) is 24.4 Å². The summed E-state index contributed by atoms with van der Waals surface area (Å²) in [4.78, 5) is 34.0. The standard InChI is InChI=1S/C20H23N5O2/c26-18(23-13-15-6-4-10-21-12-15)14-24-17-9-5-11-22-19(17)25(20(24)27)16-7-2-1-3-8-16/h4-6,9-12,16H,1-3,7-8,13-14H2,(H,23,26). The summed E-state index contributed by atoms with van der Waals surface area (Å²) in [5.41, 5.74) is 2.16. The van der Waals surface area contributed by atoms with Gasteiger partial charge in [-0.05, 0) is 36.6 Å². The van der Waals surface area contributed by atoms with Crippen molar-refractivity contribution >= 4 is 17.1 Å². The van der Waals surface area contributed by atoms with Gasteiger partial charge in [0.05, 0.1) is 5.52 Å². The van der Waals surface area contributed by atoms with Crippen LogP contribution in [-0.2, 0) is 17.9 Å². The predicted octanol–water partition coefficient (Wildman–Crippen LogP) is 2.41. The lowest BCUT2D eigenvalue weighted by Gasteiger charge is -2.22. The molecule has 0 bridgehead atoms. The minimum Gasteiger partial charge on any atom is -0.350 e. The number of fused-ring (bicyclic) bond motifs is 1. The van der Waals surface area contributed by atoms with E-state index in [4.69, 9.17) is 0 Å². The number of rotatable bonds is 5. The zero-order valence-electron chi connectivity index (χ0n) is 15.2. The van der Waals surface area contributed by atoms with Crippen LogP contribution in [-0.4, -0.2) is 25.0 Å². The number of carbonyl (C=O) groups is 1. The first-order valence-electron chi connectivity index (χ1n) is 9.45. The average Bonchev–Trinajstić information content (AvgIpc) is 2.99. The maximum absolute atomic E-state index is 13.1. The minimum absolute atomic E-state index is 0.0129. The number of hydrogen-bond acceptors (Lipinski definition) is 4. The lowest BCUT2D eigenvalue weighted by molar-refractivity contribution is -0.121. The fourth-order valence-corrected chi connectivity index (χ4v) is 3.83. The number of pyridine rings is 2. The highest BCUT2D eigenvalue weighted by molar-refractivity contribution is 5.79. The zero-order chi connectivity index (χ0) is 18.6. The van der Waals surface area contributed by atoms with Gasteiger partial charge in [-0.15, -0.1) is 0 Å². The number of hydrogen-bond donors (Lipinski definition) is 1. The van der Waals surface area contributed by atoms with Crippen molar-refractivity contribution in [1.29, 1.82) is 0 Å². The quantitative estimate of drug-likeness (QED) is 0.753. The van der Waals surface area contributed by atoms with Crippen LogP contribution in [0, 0.1) is 0 Å². The molecule has 4 rings (SSSR count). The normalized spacial score (nSPS) is 15.1. The molecule has 3 aromatic heterocycles. The van der Waals surface area contributed by atoms with E-state index in [9.17, 15) is 9.59 Å². The smallest absolute Gasteiger partial charge is 0.331 e. The Balaban J connectivity index is 1.59. The van der Waals surface area contributed by atoms with Crippen LogP contribution >= 0.6 is 0 Å². The lowest BCUT2D eigenvalue weighted by Crippen LogP contribution is -2.34. The molecule has 0 unspecified atom stereocenters. The molecular weight excluding hydrogens is 342 g/mol. The number of nitrogens with one attached hydrogen (secondary N) is 1. The maximum atomic E-state index is 13.1. The predicted molar refractivity (Wildman–Crippen MR) is 102 cm³/mol. The van der Waals surface area contributed by atoms with Crippen molar-refractivity contribution in [2.45, 2.75) is 51.2 Å². The second kappa shape index (κ2) is 7.73. The molecule has 140 valence electrons. The van der Waals surface area contributed by atoms with Crippen molar-refractivity contribution < 1.29 is 4.79 Å². The van der Waals surface area contributed by atoms with E-state index in [2.05, 4.69) is 15.3 Å². The van der Waals surface area contributed by atoms with E-state index in [0.717, 1.165) is 31.2 Å². The van der Waals surface area contributed by atoms with Crippen molar-refractivity contribution in [3.63, 3.8) is 0 Å². The van der Waals surface area contributed by atoms with E-state index in [1.165, 1.54) is 11.0 Å². The van der Waals surface area contributed by atoms with Crippen LogP contribution in [0.5, 0.6) is 0 Å². The van der Waals surface area contributed by atoms with Crippen LogP contribution in [0.15, 0.2) is 47.7 Å². The Bertz CT molecular complexity index is 987. The van der Waals surface area contributed by atoms with Gasteiger partial charge in [0, 0.05) is 31.2 Å². The Morgan fingerprint density at radius 1 is 1.15 bits per heavy atom. The van der Waals surface area contributed by atoms with E-state index in [1.54, 1.807) is 29.2 Å². The topological polar surface area (TPSA) is 81.8 Å². The summed E-state index contributed by atoms with van der Waals surface area (Å²) < 4.78 is 3.33. The average molecular weight is 365 g/mol.